The van der Waals surface area contributed by atoms with Gasteiger partial charge in [0.25, 0.3) is 5.91 Å². The quantitative estimate of drug-likeness (QED) is 0.133. The van der Waals surface area contributed by atoms with Gasteiger partial charge in [0.05, 0.1) is 21.3 Å². The second-order valence-electron chi connectivity index (χ2n) is 8.96. The predicted octanol–water partition coefficient (Wildman–Crippen LogP) is 9.10. The van der Waals surface area contributed by atoms with Crippen LogP contribution in [-0.4, -0.2) is 22.0 Å². The number of nitrogens with one attached hydrogen (secondary N) is 1. The van der Waals surface area contributed by atoms with Gasteiger partial charge in [-0.2, -0.15) is 0 Å². The van der Waals surface area contributed by atoms with Gasteiger partial charge in [0.2, 0.25) is 0 Å². The molecule has 0 aliphatic heterocycles. The first kappa shape index (κ1) is 30.4. The summed E-state index contributed by atoms with van der Waals surface area (Å²) in [5.74, 6) is 3.94. The Hall–Kier alpha value is -3.18. The summed E-state index contributed by atoms with van der Waals surface area (Å²) in [5, 5.41) is 13.9. The van der Waals surface area contributed by atoms with Gasteiger partial charge in [-0.3, -0.25) is 10.1 Å². The van der Waals surface area contributed by atoms with Crippen LogP contribution in [0.25, 0.3) is 17.3 Å². The van der Waals surface area contributed by atoms with Gasteiger partial charge < -0.3 is 5.11 Å². The molecule has 1 aromatic heterocycles. The Morgan fingerprint density at radius 2 is 1.82 bits per heavy atom. The number of carbonyl (C=O) groups is 2. The fourth-order valence-corrected chi connectivity index (χ4v) is 5.04. The lowest BCUT2D eigenvalue weighted by molar-refractivity contribution is -0.132. The maximum Gasteiger partial charge on any atom is 0.331 e. The average Bonchev–Trinajstić information content (AvgIpc) is 3.36. The maximum absolute atomic E-state index is 15.2. The summed E-state index contributed by atoms with van der Waals surface area (Å²) in [6.45, 7) is 3.60. The van der Waals surface area contributed by atoms with E-state index in [2.05, 4.69) is 29.1 Å². The smallest absolute Gasteiger partial charge is 0.331 e. The van der Waals surface area contributed by atoms with Gasteiger partial charge in [0.15, 0.2) is 5.13 Å². The zero-order valence-electron chi connectivity index (χ0n) is 21.7. The highest BCUT2D eigenvalue weighted by Crippen LogP contribution is 2.31. The average molecular weight is 588 g/mol. The van der Waals surface area contributed by atoms with Crippen molar-refractivity contribution in [3.05, 3.63) is 73.8 Å². The molecule has 0 spiro atoms. The number of carboxylic acids is 1. The first-order valence-corrected chi connectivity index (χ1v) is 14.3. The summed E-state index contributed by atoms with van der Waals surface area (Å²) >= 11 is 13.7. The van der Waals surface area contributed by atoms with Gasteiger partial charge in [-0.1, -0.05) is 80.1 Å². The zero-order valence-corrected chi connectivity index (χ0v) is 24.1. The lowest BCUT2D eigenvalue weighted by atomic mass is 10.1. The fraction of sp³-hybridized carbons (Fsp3) is 0.300. The summed E-state index contributed by atoms with van der Waals surface area (Å²) in [5.41, 5.74) is 1.51. The van der Waals surface area contributed by atoms with Crippen LogP contribution in [0.5, 0.6) is 0 Å². The van der Waals surface area contributed by atoms with Crippen molar-refractivity contribution in [1.82, 2.24) is 4.98 Å². The van der Waals surface area contributed by atoms with Crippen molar-refractivity contribution in [3.8, 4) is 23.1 Å². The van der Waals surface area contributed by atoms with Crippen molar-refractivity contribution in [1.29, 1.82) is 0 Å². The van der Waals surface area contributed by atoms with E-state index in [1.807, 2.05) is 0 Å². The number of unbranched alkanes of at least 4 members (excludes halogenated alkanes) is 6. The van der Waals surface area contributed by atoms with Crippen molar-refractivity contribution in [2.24, 2.45) is 0 Å². The molecule has 3 rings (SSSR count). The molecule has 3 aromatic rings. The number of thiazole rings is 1. The van der Waals surface area contributed by atoms with Crippen LogP contribution in [-0.2, 0) is 4.79 Å². The van der Waals surface area contributed by atoms with Gasteiger partial charge in [-0.05, 0) is 43.7 Å². The number of carbonyl (C=O) groups excluding carboxylic acids is 1. The summed E-state index contributed by atoms with van der Waals surface area (Å²) in [6.07, 6.45) is 9.13. The summed E-state index contributed by atoms with van der Waals surface area (Å²) in [4.78, 5) is 28.3. The van der Waals surface area contributed by atoms with Gasteiger partial charge in [-0.15, -0.1) is 11.3 Å². The van der Waals surface area contributed by atoms with Gasteiger partial charge in [0, 0.05) is 34.1 Å². The van der Waals surface area contributed by atoms with E-state index in [4.69, 9.17) is 28.3 Å². The standard InChI is InChI=1S/C30H29Cl2FN2O3S/c1-3-4-5-6-7-8-9-10-12-20-13-11-14-22(27(20)33)26-18-39-30(34-26)35-28(36)21-16-24(31)23(25(32)17-21)15-19(2)29(37)38/h11,13-18H,3-9H2,1-2H3,(H,37,38)(H,34,35,36)/b19-15+. The van der Waals surface area contributed by atoms with Crippen LogP contribution in [0.15, 0.2) is 41.3 Å². The number of hydrogen-bond acceptors (Lipinski definition) is 4. The van der Waals surface area contributed by atoms with E-state index in [0.717, 1.165) is 30.6 Å². The minimum atomic E-state index is -1.11. The summed E-state index contributed by atoms with van der Waals surface area (Å²) in [7, 11) is 0. The number of carboxylic acid groups (broad SMARTS) is 1. The van der Waals surface area contributed by atoms with Crippen LogP contribution in [0.2, 0.25) is 10.0 Å². The molecular weight excluding hydrogens is 558 g/mol. The predicted molar refractivity (Wildman–Crippen MR) is 158 cm³/mol. The summed E-state index contributed by atoms with van der Waals surface area (Å²) < 4.78 is 15.2. The molecule has 0 saturated carbocycles. The third-order valence-corrected chi connectivity index (χ3v) is 7.30. The number of nitrogens with zero attached hydrogens (tertiary/aromatic N) is 1. The first-order valence-electron chi connectivity index (χ1n) is 12.7. The number of aliphatic carboxylic acids is 1. The van der Waals surface area contributed by atoms with E-state index in [0.29, 0.717) is 22.4 Å². The molecule has 0 bridgehead atoms. The van der Waals surface area contributed by atoms with Crippen molar-refractivity contribution in [3.63, 3.8) is 0 Å². The molecular formula is C30H29Cl2FN2O3S. The van der Waals surface area contributed by atoms with Gasteiger partial charge in [-0.25, -0.2) is 14.2 Å². The Labute approximate surface area is 242 Å². The lowest BCUT2D eigenvalue weighted by Gasteiger charge is -2.08. The molecule has 0 aliphatic rings. The second-order valence-corrected chi connectivity index (χ2v) is 10.6. The molecule has 9 heteroatoms. The third kappa shape index (κ3) is 8.66. The van der Waals surface area contributed by atoms with E-state index in [1.54, 1.807) is 23.6 Å². The summed E-state index contributed by atoms with van der Waals surface area (Å²) in [6, 6.07) is 7.79. The number of rotatable bonds is 11. The molecule has 0 unspecified atom stereocenters. The molecule has 0 atom stereocenters. The minimum Gasteiger partial charge on any atom is -0.478 e. The lowest BCUT2D eigenvalue weighted by Crippen LogP contribution is -2.12. The Kier molecular flexibility index (Phi) is 11.5. The number of hydrogen-bond donors (Lipinski definition) is 2. The van der Waals surface area contributed by atoms with Crippen LogP contribution in [0.4, 0.5) is 9.52 Å². The second kappa shape index (κ2) is 14.8. The van der Waals surface area contributed by atoms with Gasteiger partial charge in [0.1, 0.15) is 5.82 Å². The minimum absolute atomic E-state index is 0.0476. The van der Waals surface area contributed by atoms with Crippen molar-refractivity contribution in [2.75, 3.05) is 5.32 Å². The highest BCUT2D eigenvalue weighted by molar-refractivity contribution is 7.14. The number of anilines is 1. The molecule has 2 aromatic carbocycles. The van der Waals surface area contributed by atoms with E-state index < -0.39 is 17.7 Å². The number of halogens is 3. The van der Waals surface area contributed by atoms with E-state index in [-0.39, 0.29) is 26.3 Å². The molecule has 0 radical (unpaired) electrons. The van der Waals surface area contributed by atoms with Crippen LogP contribution < -0.4 is 5.32 Å². The number of aromatic nitrogens is 1. The van der Waals surface area contributed by atoms with Crippen LogP contribution in [0.1, 0.15) is 80.3 Å². The Balaban J connectivity index is 1.68. The van der Waals surface area contributed by atoms with E-state index >= 15 is 4.39 Å². The normalized spacial score (nSPS) is 11.2. The molecule has 0 saturated heterocycles. The van der Waals surface area contributed by atoms with Crippen molar-refractivity contribution < 1.29 is 19.1 Å². The third-order valence-electron chi connectivity index (χ3n) is 5.92. The molecule has 39 heavy (non-hydrogen) atoms. The molecule has 0 fully saturated rings. The molecule has 1 amide bonds. The first-order chi connectivity index (χ1) is 18.7. The SMILES string of the molecule is CCCCCCCCC#Cc1cccc(-c2csc(NC(=O)c3cc(Cl)c(/C=C(\C)C(=O)O)c(Cl)c3)n2)c1F. The largest absolute Gasteiger partial charge is 0.478 e. The molecule has 0 aliphatic carbocycles. The van der Waals surface area contributed by atoms with E-state index in [9.17, 15) is 9.59 Å². The highest BCUT2D eigenvalue weighted by atomic mass is 35.5. The van der Waals surface area contributed by atoms with Crippen LogP contribution in [0.3, 0.4) is 0 Å². The molecule has 1 heterocycles. The monoisotopic (exact) mass is 586 g/mol. The van der Waals surface area contributed by atoms with Crippen molar-refractivity contribution in [2.45, 2.75) is 58.8 Å². The van der Waals surface area contributed by atoms with E-state index in [1.165, 1.54) is 50.8 Å². The van der Waals surface area contributed by atoms with Gasteiger partial charge >= 0.3 is 5.97 Å². The van der Waals surface area contributed by atoms with Crippen LogP contribution >= 0.6 is 34.5 Å². The number of benzene rings is 2. The highest BCUT2D eigenvalue weighted by Gasteiger charge is 2.16. The molecule has 204 valence electrons. The Morgan fingerprint density at radius 3 is 2.51 bits per heavy atom. The molecule has 5 nitrogen and oxygen atoms in total. The Morgan fingerprint density at radius 1 is 1.13 bits per heavy atom. The topological polar surface area (TPSA) is 79.3 Å². The Bertz CT molecular complexity index is 1420. The number of amides is 1. The zero-order chi connectivity index (χ0) is 28.4. The fourth-order valence-electron chi connectivity index (χ4n) is 3.73. The van der Waals surface area contributed by atoms with Crippen LogP contribution in [0, 0.1) is 17.7 Å². The van der Waals surface area contributed by atoms with Crippen molar-refractivity contribution >= 4 is 57.6 Å². The molecule has 2 N–H and O–H groups in total. The maximum atomic E-state index is 15.2.